The van der Waals surface area contributed by atoms with Gasteiger partial charge in [0.1, 0.15) is 6.54 Å². The van der Waals surface area contributed by atoms with Gasteiger partial charge in [-0.2, -0.15) is 0 Å². The molecule has 0 spiro atoms. The van der Waals surface area contributed by atoms with Gasteiger partial charge in [0.2, 0.25) is 5.91 Å². The maximum atomic E-state index is 12.6. The van der Waals surface area contributed by atoms with Crippen molar-refractivity contribution in [3.63, 3.8) is 0 Å². The third kappa shape index (κ3) is 3.96. The fourth-order valence-corrected chi connectivity index (χ4v) is 3.63. The summed E-state index contributed by atoms with van der Waals surface area (Å²) in [6, 6.07) is 18.5. The topological polar surface area (TPSA) is 46.6 Å². The van der Waals surface area contributed by atoms with Gasteiger partial charge in [-0.3, -0.25) is 9.59 Å². The summed E-state index contributed by atoms with van der Waals surface area (Å²) in [4.78, 5) is 25.9. The Bertz CT molecular complexity index is 755. The summed E-state index contributed by atoms with van der Waals surface area (Å²) in [5, 5.41) is 0. The molecule has 1 saturated heterocycles. The SMILES string of the molecule is COC(=O)CN1C(=O)[C@H](CCCc2ccccc2)[C@H]1c1ccc(C)cc1. The summed E-state index contributed by atoms with van der Waals surface area (Å²) in [5.74, 6) is -0.390. The van der Waals surface area contributed by atoms with Crippen molar-refractivity contribution < 1.29 is 14.3 Å². The summed E-state index contributed by atoms with van der Waals surface area (Å²) < 4.78 is 4.75. The first kappa shape index (κ1) is 18.2. The van der Waals surface area contributed by atoms with Gasteiger partial charge in [-0.05, 0) is 37.3 Å². The quantitative estimate of drug-likeness (QED) is 0.564. The lowest BCUT2D eigenvalue weighted by molar-refractivity contribution is -0.165. The number of carbonyl (C=O) groups excluding carboxylic acids is 2. The van der Waals surface area contributed by atoms with E-state index in [2.05, 4.69) is 36.4 Å². The molecule has 26 heavy (non-hydrogen) atoms. The van der Waals surface area contributed by atoms with Gasteiger partial charge in [0.15, 0.2) is 0 Å². The fraction of sp³-hybridized carbons (Fsp3) is 0.364. The molecule has 2 aromatic rings. The Balaban J connectivity index is 1.69. The first-order valence-electron chi connectivity index (χ1n) is 9.08. The summed E-state index contributed by atoms with van der Waals surface area (Å²) >= 11 is 0. The van der Waals surface area contributed by atoms with Crippen molar-refractivity contribution in [1.82, 2.24) is 4.90 Å². The second-order valence-electron chi connectivity index (χ2n) is 6.88. The lowest BCUT2D eigenvalue weighted by Crippen LogP contribution is -2.56. The van der Waals surface area contributed by atoms with Crippen molar-refractivity contribution in [3.8, 4) is 0 Å². The van der Waals surface area contributed by atoms with Crippen molar-refractivity contribution in [2.75, 3.05) is 13.7 Å². The minimum absolute atomic E-state index is 0.0169. The van der Waals surface area contributed by atoms with E-state index in [1.54, 1.807) is 4.90 Å². The number of benzene rings is 2. The number of rotatable bonds is 7. The maximum Gasteiger partial charge on any atom is 0.325 e. The number of methoxy groups -OCH3 is 1. The van der Waals surface area contributed by atoms with Crippen molar-refractivity contribution in [1.29, 1.82) is 0 Å². The molecule has 2 aromatic carbocycles. The molecule has 0 aromatic heterocycles. The van der Waals surface area contributed by atoms with Crippen LogP contribution < -0.4 is 0 Å². The number of hydrogen-bond acceptors (Lipinski definition) is 3. The Morgan fingerprint density at radius 2 is 1.77 bits per heavy atom. The highest BCUT2D eigenvalue weighted by molar-refractivity contribution is 5.90. The number of carbonyl (C=O) groups is 2. The summed E-state index contributed by atoms with van der Waals surface area (Å²) in [6.07, 6.45) is 2.74. The zero-order chi connectivity index (χ0) is 18.5. The van der Waals surface area contributed by atoms with E-state index in [1.165, 1.54) is 18.2 Å². The summed E-state index contributed by atoms with van der Waals surface area (Å²) in [7, 11) is 1.35. The molecule has 136 valence electrons. The lowest BCUT2D eigenvalue weighted by atomic mass is 9.79. The molecule has 1 fully saturated rings. The summed E-state index contributed by atoms with van der Waals surface area (Å²) in [5.41, 5.74) is 3.56. The molecule has 0 radical (unpaired) electrons. The predicted octanol–water partition coefficient (Wildman–Crippen LogP) is 3.69. The van der Waals surface area contributed by atoms with Crippen molar-refractivity contribution in [3.05, 3.63) is 71.3 Å². The molecule has 0 bridgehead atoms. The highest BCUT2D eigenvalue weighted by Crippen LogP contribution is 2.42. The maximum absolute atomic E-state index is 12.6. The van der Waals surface area contributed by atoms with Gasteiger partial charge in [0, 0.05) is 0 Å². The highest BCUT2D eigenvalue weighted by atomic mass is 16.5. The van der Waals surface area contributed by atoms with Crippen molar-refractivity contribution in [2.24, 2.45) is 5.92 Å². The van der Waals surface area contributed by atoms with Crippen LogP contribution in [0.2, 0.25) is 0 Å². The largest absolute Gasteiger partial charge is 0.468 e. The highest BCUT2D eigenvalue weighted by Gasteiger charge is 2.48. The van der Waals surface area contributed by atoms with Crippen LogP contribution in [0.1, 0.15) is 35.6 Å². The van der Waals surface area contributed by atoms with E-state index in [1.807, 2.05) is 25.1 Å². The number of esters is 1. The van der Waals surface area contributed by atoms with Crippen LogP contribution in [0.5, 0.6) is 0 Å². The van der Waals surface area contributed by atoms with Crippen LogP contribution >= 0.6 is 0 Å². The third-order valence-electron chi connectivity index (χ3n) is 5.09. The Labute approximate surface area is 154 Å². The fourth-order valence-electron chi connectivity index (χ4n) is 3.63. The van der Waals surface area contributed by atoms with E-state index in [-0.39, 0.29) is 30.4 Å². The smallest absolute Gasteiger partial charge is 0.325 e. The number of ether oxygens (including phenoxy) is 1. The molecule has 0 aliphatic carbocycles. The molecule has 0 unspecified atom stereocenters. The Morgan fingerprint density at radius 3 is 2.42 bits per heavy atom. The van der Waals surface area contributed by atoms with Crippen LogP contribution in [-0.2, 0) is 20.7 Å². The van der Waals surface area contributed by atoms with E-state index in [4.69, 9.17) is 4.74 Å². The molecule has 4 heteroatoms. The van der Waals surface area contributed by atoms with E-state index < -0.39 is 0 Å². The first-order valence-corrected chi connectivity index (χ1v) is 9.08. The lowest BCUT2D eigenvalue weighted by Gasteiger charge is -2.47. The molecule has 1 amide bonds. The van der Waals surface area contributed by atoms with Crippen LogP contribution in [0.15, 0.2) is 54.6 Å². The van der Waals surface area contributed by atoms with Crippen LogP contribution in [0.25, 0.3) is 0 Å². The number of aryl methyl sites for hydroxylation is 2. The van der Waals surface area contributed by atoms with E-state index >= 15 is 0 Å². The molecule has 1 heterocycles. The number of likely N-dealkylation sites (tertiary alicyclic amines) is 1. The van der Waals surface area contributed by atoms with Crippen molar-refractivity contribution >= 4 is 11.9 Å². The minimum atomic E-state index is -0.377. The standard InChI is InChI=1S/C22H25NO3/c1-16-11-13-18(14-12-16)21-19(22(25)23(21)15-20(24)26-2)10-6-9-17-7-4-3-5-8-17/h3-5,7-8,11-14,19,21H,6,9-10,15H2,1-2H3/t19-,21-/m1/s1. The summed E-state index contributed by atoms with van der Waals surface area (Å²) in [6.45, 7) is 2.06. The van der Waals surface area contributed by atoms with Crippen molar-refractivity contribution in [2.45, 2.75) is 32.2 Å². The van der Waals surface area contributed by atoms with Gasteiger partial charge in [-0.25, -0.2) is 0 Å². The molecule has 1 aliphatic rings. The van der Waals surface area contributed by atoms with Gasteiger partial charge in [0.05, 0.1) is 19.1 Å². The van der Waals surface area contributed by atoms with Gasteiger partial charge in [-0.1, -0.05) is 60.2 Å². The van der Waals surface area contributed by atoms with Gasteiger partial charge in [0.25, 0.3) is 0 Å². The molecular weight excluding hydrogens is 326 g/mol. The normalized spacial score (nSPS) is 19.2. The zero-order valence-corrected chi connectivity index (χ0v) is 15.4. The predicted molar refractivity (Wildman–Crippen MR) is 101 cm³/mol. The van der Waals surface area contributed by atoms with Gasteiger partial charge >= 0.3 is 5.97 Å². The number of hydrogen-bond donors (Lipinski definition) is 0. The van der Waals surface area contributed by atoms with E-state index in [9.17, 15) is 9.59 Å². The van der Waals surface area contributed by atoms with Crippen LogP contribution in [0.4, 0.5) is 0 Å². The molecule has 3 rings (SSSR count). The average Bonchev–Trinajstić information content (AvgIpc) is 2.67. The Morgan fingerprint density at radius 1 is 1.08 bits per heavy atom. The average molecular weight is 351 g/mol. The van der Waals surface area contributed by atoms with Crippen LogP contribution in [-0.4, -0.2) is 30.4 Å². The van der Waals surface area contributed by atoms with Gasteiger partial charge in [-0.15, -0.1) is 0 Å². The number of β-lactam (4-membered cyclic amide) rings is 1. The molecule has 2 atom stereocenters. The molecule has 0 N–H and O–H groups in total. The molecule has 0 saturated carbocycles. The van der Waals surface area contributed by atoms with E-state index in [0.717, 1.165) is 24.8 Å². The number of amides is 1. The number of nitrogens with zero attached hydrogens (tertiary/aromatic N) is 1. The second kappa shape index (κ2) is 8.17. The van der Waals surface area contributed by atoms with Gasteiger partial charge < -0.3 is 9.64 Å². The monoisotopic (exact) mass is 351 g/mol. The Kier molecular flexibility index (Phi) is 5.71. The zero-order valence-electron chi connectivity index (χ0n) is 15.4. The van der Waals surface area contributed by atoms with Crippen LogP contribution in [0, 0.1) is 12.8 Å². The second-order valence-corrected chi connectivity index (χ2v) is 6.88. The molecule has 1 aliphatic heterocycles. The third-order valence-corrected chi connectivity index (χ3v) is 5.09. The first-order chi connectivity index (χ1) is 12.6. The van der Waals surface area contributed by atoms with E-state index in [0.29, 0.717) is 0 Å². The molecule has 4 nitrogen and oxygen atoms in total. The Hall–Kier alpha value is -2.62. The minimum Gasteiger partial charge on any atom is -0.468 e. The molecular formula is C22H25NO3. The van der Waals surface area contributed by atoms with Crippen LogP contribution in [0.3, 0.4) is 0 Å².